The average Bonchev–Trinajstić information content (AvgIpc) is 2.27. The highest BCUT2D eigenvalue weighted by molar-refractivity contribution is 5.65. The Balaban J connectivity index is 2.87. The minimum atomic E-state index is -2.84. The van der Waals surface area contributed by atoms with E-state index in [2.05, 4.69) is 4.74 Å². The van der Waals surface area contributed by atoms with Crippen molar-refractivity contribution >= 4 is 5.57 Å². The van der Waals surface area contributed by atoms with Crippen molar-refractivity contribution in [2.24, 2.45) is 0 Å². The Morgan fingerprint density at radius 2 is 1.81 bits per heavy atom. The van der Waals surface area contributed by atoms with Crippen LogP contribution in [0.2, 0.25) is 0 Å². The van der Waals surface area contributed by atoms with Crippen molar-refractivity contribution in [1.82, 2.24) is 0 Å². The zero-order valence-electron chi connectivity index (χ0n) is 9.14. The number of hydrogen-bond donors (Lipinski definition) is 0. The van der Waals surface area contributed by atoms with Gasteiger partial charge in [-0.25, -0.2) is 4.39 Å². The summed E-state index contributed by atoms with van der Waals surface area (Å²) in [5.41, 5.74) is 1.19. The molecule has 0 aromatic heterocycles. The Morgan fingerprint density at radius 1 is 1.25 bits per heavy atom. The molecule has 88 valence electrons. The molecule has 0 saturated carbocycles. The van der Waals surface area contributed by atoms with Crippen LogP contribution in [0.1, 0.15) is 25.8 Å². The van der Waals surface area contributed by atoms with Crippen LogP contribution in [0, 0.1) is 0 Å². The zero-order valence-corrected chi connectivity index (χ0v) is 9.14. The van der Waals surface area contributed by atoms with Crippen molar-refractivity contribution in [2.75, 3.05) is 0 Å². The molecule has 0 atom stereocenters. The SMILES string of the molecule is CCC(F)=C(C)c1ccc(OC(F)F)cc1. The first-order valence-corrected chi connectivity index (χ1v) is 4.95. The lowest BCUT2D eigenvalue weighted by molar-refractivity contribution is -0.0498. The summed E-state index contributed by atoms with van der Waals surface area (Å²) in [5.74, 6) is -0.133. The molecular formula is C12H13F3O. The number of alkyl halides is 2. The van der Waals surface area contributed by atoms with Crippen molar-refractivity contribution in [1.29, 1.82) is 0 Å². The molecule has 0 bridgehead atoms. The van der Waals surface area contributed by atoms with Gasteiger partial charge in [0.1, 0.15) is 11.6 Å². The van der Waals surface area contributed by atoms with Crippen molar-refractivity contribution in [2.45, 2.75) is 26.9 Å². The topological polar surface area (TPSA) is 9.23 Å². The number of rotatable bonds is 4. The highest BCUT2D eigenvalue weighted by Crippen LogP contribution is 2.23. The van der Waals surface area contributed by atoms with Gasteiger partial charge in [0.15, 0.2) is 0 Å². The first-order valence-electron chi connectivity index (χ1n) is 4.95. The van der Waals surface area contributed by atoms with Crippen LogP contribution >= 0.6 is 0 Å². The maximum Gasteiger partial charge on any atom is 0.387 e. The van der Waals surface area contributed by atoms with E-state index in [9.17, 15) is 13.2 Å². The summed E-state index contributed by atoms with van der Waals surface area (Å²) in [7, 11) is 0. The van der Waals surface area contributed by atoms with E-state index in [4.69, 9.17) is 0 Å². The van der Waals surface area contributed by atoms with E-state index < -0.39 is 6.61 Å². The fourth-order valence-electron chi connectivity index (χ4n) is 1.31. The minimum absolute atomic E-state index is 0.0726. The van der Waals surface area contributed by atoms with E-state index in [0.29, 0.717) is 17.6 Å². The van der Waals surface area contributed by atoms with Gasteiger partial charge in [-0.2, -0.15) is 8.78 Å². The second kappa shape index (κ2) is 5.58. The quantitative estimate of drug-likeness (QED) is 0.744. The van der Waals surface area contributed by atoms with E-state index in [1.165, 1.54) is 12.1 Å². The molecule has 1 aromatic rings. The van der Waals surface area contributed by atoms with Gasteiger partial charge in [-0.15, -0.1) is 0 Å². The molecule has 0 heterocycles. The van der Waals surface area contributed by atoms with Crippen LogP contribution in [0.15, 0.2) is 30.1 Å². The molecule has 0 saturated heterocycles. The first kappa shape index (κ1) is 12.6. The predicted octanol–water partition coefficient (Wildman–Crippen LogP) is 4.40. The van der Waals surface area contributed by atoms with Crippen LogP contribution in [0.4, 0.5) is 13.2 Å². The molecular weight excluding hydrogens is 217 g/mol. The summed E-state index contributed by atoms with van der Waals surface area (Å²) in [6.07, 6.45) is 0.321. The van der Waals surface area contributed by atoms with Gasteiger partial charge in [-0.05, 0) is 36.6 Å². The number of allylic oxidation sites excluding steroid dienone is 2. The molecule has 0 aliphatic carbocycles. The van der Waals surface area contributed by atoms with Gasteiger partial charge in [0.25, 0.3) is 0 Å². The molecule has 4 heteroatoms. The second-order valence-corrected chi connectivity index (χ2v) is 3.29. The van der Waals surface area contributed by atoms with Crippen LogP contribution in [0.3, 0.4) is 0 Å². The molecule has 0 fully saturated rings. The molecule has 0 N–H and O–H groups in total. The monoisotopic (exact) mass is 230 g/mol. The van der Waals surface area contributed by atoms with E-state index >= 15 is 0 Å². The summed E-state index contributed by atoms with van der Waals surface area (Å²) in [6, 6.07) is 5.91. The van der Waals surface area contributed by atoms with E-state index in [1.807, 2.05) is 0 Å². The summed E-state index contributed by atoms with van der Waals surface area (Å²) in [5, 5.41) is 0. The Bertz CT molecular complexity index is 368. The Morgan fingerprint density at radius 3 is 2.25 bits per heavy atom. The van der Waals surface area contributed by atoms with Gasteiger partial charge in [-0.1, -0.05) is 19.1 Å². The van der Waals surface area contributed by atoms with E-state index in [0.717, 1.165) is 0 Å². The number of hydrogen-bond acceptors (Lipinski definition) is 1. The molecule has 0 radical (unpaired) electrons. The van der Waals surface area contributed by atoms with Gasteiger partial charge in [0, 0.05) is 0 Å². The van der Waals surface area contributed by atoms with Crippen molar-refractivity contribution in [3.8, 4) is 5.75 Å². The fraction of sp³-hybridized carbons (Fsp3) is 0.333. The third-order valence-corrected chi connectivity index (χ3v) is 2.23. The highest BCUT2D eigenvalue weighted by Gasteiger charge is 2.06. The molecule has 0 spiro atoms. The molecule has 1 aromatic carbocycles. The van der Waals surface area contributed by atoms with E-state index in [-0.39, 0.29) is 11.6 Å². The van der Waals surface area contributed by atoms with Gasteiger partial charge < -0.3 is 4.74 Å². The summed E-state index contributed by atoms with van der Waals surface area (Å²) in [6.45, 7) is 0.532. The zero-order chi connectivity index (χ0) is 12.1. The fourth-order valence-corrected chi connectivity index (χ4v) is 1.31. The lowest BCUT2D eigenvalue weighted by atomic mass is 10.1. The Labute approximate surface area is 92.5 Å². The Hall–Kier alpha value is -1.45. The normalized spacial score (nSPS) is 12.6. The number of ether oxygens (including phenoxy) is 1. The summed E-state index contributed by atoms with van der Waals surface area (Å²) in [4.78, 5) is 0. The number of halogens is 3. The van der Waals surface area contributed by atoms with Crippen LogP contribution in [0.25, 0.3) is 5.57 Å². The average molecular weight is 230 g/mol. The van der Waals surface area contributed by atoms with Crippen molar-refractivity contribution < 1.29 is 17.9 Å². The van der Waals surface area contributed by atoms with Crippen LogP contribution < -0.4 is 4.74 Å². The molecule has 0 aliphatic rings. The number of benzene rings is 1. The van der Waals surface area contributed by atoms with Gasteiger partial charge in [0.05, 0.1) is 0 Å². The van der Waals surface area contributed by atoms with Crippen LogP contribution in [0.5, 0.6) is 5.75 Å². The predicted molar refractivity (Wildman–Crippen MR) is 57.1 cm³/mol. The molecule has 1 rings (SSSR count). The Kier molecular flexibility index (Phi) is 4.40. The molecule has 0 unspecified atom stereocenters. The highest BCUT2D eigenvalue weighted by atomic mass is 19.3. The lowest BCUT2D eigenvalue weighted by Gasteiger charge is -2.06. The largest absolute Gasteiger partial charge is 0.435 e. The summed E-state index contributed by atoms with van der Waals surface area (Å²) < 4.78 is 41.2. The third-order valence-electron chi connectivity index (χ3n) is 2.23. The minimum Gasteiger partial charge on any atom is -0.435 e. The van der Waals surface area contributed by atoms with Gasteiger partial charge in [-0.3, -0.25) is 0 Å². The van der Waals surface area contributed by atoms with E-state index in [1.54, 1.807) is 26.0 Å². The van der Waals surface area contributed by atoms with Crippen molar-refractivity contribution in [3.05, 3.63) is 35.7 Å². The lowest BCUT2D eigenvalue weighted by Crippen LogP contribution is -2.01. The molecule has 0 amide bonds. The second-order valence-electron chi connectivity index (χ2n) is 3.29. The third kappa shape index (κ3) is 3.29. The van der Waals surface area contributed by atoms with Gasteiger partial charge >= 0.3 is 6.61 Å². The molecule has 16 heavy (non-hydrogen) atoms. The maximum absolute atomic E-state index is 13.3. The summed E-state index contributed by atoms with van der Waals surface area (Å²) >= 11 is 0. The molecule has 1 nitrogen and oxygen atoms in total. The van der Waals surface area contributed by atoms with Crippen LogP contribution in [-0.2, 0) is 0 Å². The molecule has 0 aliphatic heterocycles. The van der Waals surface area contributed by atoms with Crippen molar-refractivity contribution in [3.63, 3.8) is 0 Å². The maximum atomic E-state index is 13.3. The standard InChI is InChI=1S/C12H13F3O/c1-3-11(13)8(2)9-4-6-10(7-5-9)16-12(14)15/h4-7,12H,3H2,1-2H3. The first-order chi connectivity index (χ1) is 7.54. The van der Waals surface area contributed by atoms with Gasteiger partial charge in [0.2, 0.25) is 0 Å². The van der Waals surface area contributed by atoms with Crippen LogP contribution in [-0.4, -0.2) is 6.61 Å². The smallest absolute Gasteiger partial charge is 0.387 e.